The Labute approximate surface area is 256 Å². The van der Waals surface area contributed by atoms with Gasteiger partial charge in [0, 0.05) is 48.8 Å². The second kappa shape index (κ2) is 12.8. The average Bonchev–Trinajstić information content (AvgIpc) is 3.59. The summed E-state index contributed by atoms with van der Waals surface area (Å²) in [6.07, 6.45) is 7.60. The van der Waals surface area contributed by atoms with Gasteiger partial charge in [-0.2, -0.15) is 0 Å². The van der Waals surface area contributed by atoms with Crippen molar-refractivity contribution in [3.05, 3.63) is 81.7 Å². The smallest absolute Gasteiger partial charge is 0.151 e. The Kier molecular flexibility index (Phi) is 9.47. The number of nitrogens with zero attached hydrogens (tertiary/aromatic N) is 2. The van der Waals surface area contributed by atoms with Crippen molar-refractivity contribution < 1.29 is 20.4 Å². The highest BCUT2D eigenvalue weighted by molar-refractivity contribution is 6.03. The third kappa shape index (κ3) is 6.06. The summed E-state index contributed by atoms with van der Waals surface area (Å²) < 4.78 is 0. The van der Waals surface area contributed by atoms with Crippen LogP contribution in [0.2, 0.25) is 0 Å². The maximum absolute atomic E-state index is 9.74. The SMILES string of the molecule is C=CC1=C(C)C2CC3C(C=C)=C(C)C(CC4N=C(CC5N/C(=C\C1N2)C(C)=C5CCC(O)O)C(CCC(O)O)=C4C)N3C. The van der Waals surface area contributed by atoms with Crippen molar-refractivity contribution >= 4 is 5.71 Å². The van der Waals surface area contributed by atoms with Crippen LogP contribution in [0, 0.1) is 0 Å². The van der Waals surface area contributed by atoms with Gasteiger partial charge >= 0.3 is 0 Å². The van der Waals surface area contributed by atoms with Crippen molar-refractivity contribution in [3.8, 4) is 0 Å². The predicted molar refractivity (Wildman–Crippen MR) is 172 cm³/mol. The van der Waals surface area contributed by atoms with Gasteiger partial charge in [0.05, 0.1) is 18.1 Å². The number of aliphatic imine (C=N–C) groups is 1. The quantitative estimate of drug-likeness (QED) is 0.239. The molecule has 0 fully saturated rings. The van der Waals surface area contributed by atoms with E-state index in [9.17, 15) is 20.4 Å². The van der Waals surface area contributed by atoms with E-state index in [1.54, 1.807) is 0 Å². The summed E-state index contributed by atoms with van der Waals surface area (Å²) in [5.41, 5.74) is 11.9. The summed E-state index contributed by atoms with van der Waals surface area (Å²) in [5, 5.41) is 46.6. The minimum Gasteiger partial charge on any atom is -0.378 e. The number of aliphatic hydroxyl groups excluding tert-OH is 2. The maximum atomic E-state index is 9.74. The van der Waals surface area contributed by atoms with Crippen molar-refractivity contribution in [2.45, 2.75) is 121 Å². The number of fused-ring (bicyclic) bond motifs is 7. The fourth-order valence-electron chi connectivity index (χ4n) is 8.10. The number of aliphatic hydroxyl groups is 4. The lowest BCUT2D eigenvalue weighted by Gasteiger charge is -2.31. The molecule has 8 nitrogen and oxygen atoms in total. The van der Waals surface area contributed by atoms with Crippen LogP contribution in [0.25, 0.3) is 0 Å². The molecular formula is C35H50N4O4. The Bertz CT molecular complexity index is 1350. The van der Waals surface area contributed by atoms with Gasteiger partial charge in [-0.1, -0.05) is 36.5 Å². The summed E-state index contributed by atoms with van der Waals surface area (Å²) in [5.74, 6) is 0. The van der Waals surface area contributed by atoms with E-state index in [1.807, 2.05) is 12.2 Å². The number of likely N-dealkylation sites (N-methyl/N-ethyl adjacent to an activating group) is 1. The molecule has 5 rings (SSSR count). The van der Waals surface area contributed by atoms with Gasteiger partial charge in [0.25, 0.3) is 0 Å². The standard InChI is InChI=1S/C35H50N4O4/c1-8-22-18(3)28-17-33-23(9-2)21(6)32(39(33)7)16-27-20(5)25(11-13-35(42)43)31(38-27)15-30-24(10-12-34(40)41)19(4)26(36-30)14-29(22)37-28/h8-9,14,27-30,32-37,40-43H,1-2,10-13,15-17H2,3-7H3/b26-14-. The van der Waals surface area contributed by atoms with Crippen molar-refractivity contribution in [2.75, 3.05) is 7.05 Å². The minimum atomic E-state index is -1.37. The third-order valence-corrected chi connectivity index (χ3v) is 10.7. The van der Waals surface area contributed by atoms with Gasteiger partial charge in [0.15, 0.2) is 12.6 Å². The Hall–Kier alpha value is -2.59. The molecule has 6 N–H and O–H groups in total. The average molecular weight is 591 g/mol. The second-order valence-electron chi connectivity index (χ2n) is 13.0. The highest BCUT2D eigenvalue weighted by Crippen LogP contribution is 2.41. The van der Waals surface area contributed by atoms with Gasteiger partial charge in [-0.3, -0.25) is 9.89 Å². The molecule has 5 heterocycles. The summed E-state index contributed by atoms with van der Waals surface area (Å²) in [6, 6.07) is 0.612. The number of rotatable bonds is 8. The van der Waals surface area contributed by atoms with Crippen LogP contribution in [0.5, 0.6) is 0 Å². The summed E-state index contributed by atoms with van der Waals surface area (Å²) in [7, 11) is 2.22. The van der Waals surface area contributed by atoms with Gasteiger partial charge in [0.1, 0.15) is 0 Å². The lowest BCUT2D eigenvalue weighted by Crippen LogP contribution is -2.42. The maximum Gasteiger partial charge on any atom is 0.151 e. The molecule has 0 radical (unpaired) electrons. The largest absolute Gasteiger partial charge is 0.378 e. The summed E-state index contributed by atoms with van der Waals surface area (Å²) in [6.45, 7) is 17.1. The van der Waals surface area contributed by atoms with Gasteiger partial charge in [-0.25, -0.2) is 0 Å². The molecular weight excluding hydrogens is 540 g/mol. The number of allylic oxidation sites excluding steroid dienone is 2. The monoisotopic (exact) mass is 590 g/mol. The zero-order valence-electron chi connectivity index (χ0n) is 26.4. The van der Waals surface area contributed by atoms with Crippen LogP contribution in [0.15, 0.2) is 86.7 Å². The van der Waals surface area contributed by atoms with E-state index in [4.69, 9.17) is 4.99 Å². The minimum absolute atomic E-state index is 0.00740. The molecule has 0 aromatic carbocycles. The second-order valence-corrected chi connectivity index (χ2v) is 13.0. The normalized spacial score (nSPS) is 32.7. The Morgan fingerprint density at radius 1 is 0.907 bits per heavy atom. The molecule has 0 amide bonds. The molecule has 234 valence electrons. The molecule has 5 aliphatic rings. The van der Waals surface area contributed by atoms with E-state index < -0.39 is 12.6 Å². The third-order valence-electron chi connectivity index (χ3n) is 10.7. The van der Waals surface area contributed by atoms with Crippen LogP contribution in [0.4, 0.5) is 0 Å². The fraction of sp³-hybridized carbons (Fsp3) is 0.571. The van der Waals surface area contributed by atoms with Crippen LogP contribution in [0.1, 0.15) is 72.6 Å². The first-order chi connectivity index (χ1) is 20.4. The molecule has 6 atom stereocenters. The molecule has 8 heteroatoms. The molecule has 0 aromatic heterocycles. The lowest BCUT2D eigenvalue weighted by molar-refractivity contribution is -0.0453. The summed E-state index contributed by atoms with van der Waals surface area (Å²) in [4.78, 5) is 7.83. The van der Waals surface area contributed by atoms with Gasteiger partial charge in [-0.05, 0) is 99.9 Å². The van der Waals surface area contributed by atoms with E-state index in [-0.39, 0.29) is 49.1 Å². The Balaban J connectivity index is 1.61. The molecule has 5 aliphatic heterocycles. The van der Waals surface area contributed by atoms with E-state index in [0.717, 1.165) is 41.0 Å². The Morgan fingerprint density at radius 2 is 1.58 bits per heavy atom. The number of nitrogens with one attached hydrogen (secondary N) is 2. The number of hydrogen-bond donors (Lipinski definition) is 6. The van der Waals surface area contributed by atoms with Crippen LogP contribution < -0.4 is 10.6 Å². The van der Waals surface area contributed by atoms with Crippen molar-refractivity contribution in [1.82, 2.24) is 15.5 Å². The summed E-state index contributed by atoms with van der Waals surface area (Å²) >= 11 is 0. The zero-order valence-corrected chi connectivity index (χ0v) is 26.4. The van der Waals surface area contributed by atoms with Crippen molar-refractivity contribution in [3.63, 3.8) is 0 Å². The molecule has 0 aliphatic carbocycles. The lowest BCUT2D eigenvalue weighted by atomic mass is 9.90. The number of hydrogen-bond acceptors (Lipinski definition) is 8. The van der Waals surface area contributed by atoms with Crippen LogP contribution in [-0.4, -0.2) is 86.9 Å². The highest BCUT2D eigenvalue weighted by Gasteiger charge is 2.41. The molecule has 6 unspecified atom stereocenters. The topological polar surface area (TPSA) is 121 Å². The van der Waals surface area contributed by atoms with Gasteiger partial charge in [-0.15, -0.1) is 0 Å². The van der Waals surface area contributed by atoms with Gasteiger partial charge < -0.3 is 31.1 Å². The Morgan fingerprint density at radius 3 is 2.23 bits per heavy atom. The van der Waals surface area contributed by atoms with E-state index in [0.29, 0.717) is 19.3 Å². The highest BCUT2D eigenvalue weighted by atomic mass is 16.5. The molecule has 8 bridgehead atoms. The van der Waals surface area contributed by atoms with Crippen LogP contribution in [-0.2, 0) is 0 Å². The molecule has 0 saturated carbocycles. The van der Waals surface area contributed by atoms with Crippen LogP contribution >= 0.6 is 0 Å². The molecule has 43 heavy (non-hydrogen) atoms. The first-order valence-corrected chi connectivity index (χ1v) is 15.8. The van der Waals surface area contributed by atoms with E-state index in [2.05, 4.69) is 69.5 Å². The first-order valence-electron chi connectivity index (χ1n) is 15.8. The van der Waals surface area contributed by atoms with Crippen molar-refractivity contribution in [1.29, 1.82) is 0 Å². The molecule has 0 aromatic rings. The van der Waals surface area contributed by atoms with E-state index >= 15 is 0 Å². The fourth-order valence-corrected chi connectivity index (χ4v) is 8.10. The molecule has 0 saturated heterocycles. The van der Waals surface area contributed by atoms with Crippen molar-refractivity contribution in [2.24, 2.45) is 4.99 Å². The first kappa shape index (κ1) is 31.8. The zero-order chi connectivity index (χ0) is 31.2. The van der Waals surface area contributed by atoms with E-state index in [1.165, 1.54) is 27.9 Å². The van der Waals surface area contributed by atoms with Gasteiger partial charge in [0.2, 0.25) is 0 Å². The molecule has 0 spiro atoms. The van der Waals surface area contributed by atoms with Crippen LogP contribution in [0.3, 0.4) is 0 Å². The predicted octanol–water partition coefficient (Wildman–Crippen LogP) is 3.69.